The third-order valence-electron chi connectivity index (χ3n) is 3.96. The Morgan fingerprint density at radius 2 is 2.25 bits per heavy atom. The van der Waals surface area contributed by atoms with E-state index in [4.69, 9.17) is 9.47 Å². The Bertz CT molecular complexity index is 419. The van der Waals surface area contributed by atoms with Crippen molar-refractivity contribution in [3.05, 3.63) is 29.3 Å². The Morgan fingerprint density at radius 1 is 1.40 bits per heavy atom. The van der Waals surface area contributed by atoms with Crippen molar-refractivity contribution in [2.75, 3.05) is 20.3 Å². The van der Waals surface area contributed by atoms with E-state index in [9.17, 15) is 0 Å². The highest BCUT2D eigenvalue weighted by Gasteiger charge is 2.19. The van der Waals surface area contributed by atoms with E-state index in [1.165, 1.54) is 30.4 Å². The van der Waals surface area contributed by atoms with Crippen LogP contribution in [-0.4, -0.2) is 26.4 Å². The molecule has 0 heterocycles. The van der Waals surface area contributed by atoms with Gasteiger partial charge in [-0.25, -0.2) is 0 Å². The molecule has 0 aliphatic heterocycles. The van der Waals surface area contributed by atoms with Crippen molar-refractivity contribution in [2.24, 2.45) is 0 Å². The SMILES string of the molecule is CCCNC1CCCc2cc(OCC(C)OC)ccc21. The van der Waals surface area contributed by atoms with Gasteiger partial charge in [0.05, 0.1) is 6.10 Å². The molecule has 3 heteroatoms. The van der Waals surface area contributed by atoms with Gasteiger partial charge in [-0.05, 0) is 62.4 Å². The van der Waals surface area contributed by atoms with Crippen LogP contribution in [0.2, 0.25) is 0 Å². The fourth-order valence-electron chi connectivity index (χ4n) is 2.69. The predicted octanol–water partition coefficient (Wildman–Crippen LogP) is 3.48. The Morgan fingerprint density at radius 3 is 3.00 bits per heavy atom. The number of aryl methyl sites for hydroxylation is 1. The van der Waals surface area contributed by atoms with Crippen LogP contribution in [-0.2, 0) is 11.2 Å². The fraction of sp³-hybridized carbons (Fsp3) is 0.647. The lowest BCUT2D eigenvalue weighted by Gasteiger charge is -2.27. The molecular formula is C17H27NO2. The van der Waals surface area contributed by atoms with Gasteiger partial charge in [0.15, 0.2) is 0 Å². The van der Waals surface area contributed by atoms with E-state index in [2.05, 4.69) is 30.4 Å². The second kappa shape index (κ2) is 7.65. The van der Waals surface area contributed by atoms with Gasteiger partial charge in [-0.3, -0.25) is 0 Å². The second-order valence-corrected chi connectivity index (χ2v) is 5.62. The monoisotopic (exact) mass is 277 g/mol. The van der Waals surface area contributed by atoms with Crippen molar-refractivity contribution in [3.8, 4) is 5.75 Å². The maximum atomic E-state index is 5.80. The Kier molecular flexibility index (Phi) is 5.86. The number of nitrogens with one attached hydrogen (secondary N) is 1. The molecule has 1 aromatic carbocycles. The summed E-state index contributed by atoms with van der Waals surface area (Å²) in [6.07, 6.45) is 4.98. The lowest BCUT2D eigenvalue weighted by molar-refractivity contribution is 0.0716. The maximum Gasteiger partial charge on any atom is 0.119 e. The lowest BCUT2D eigenvalue weighted by Crippen LogP contribution is -2.25. The summed E-state index contributed by atoms with van der Waals surface area (Å²) >= 11 is 0. The van der Waals surface area contributed by atoms with Crippen LogP contribution in [0.5, 0.6) is 5.75 Å². The minimum Gasteiger partial charge on any atom is -0.491 e. The molecule has 1 aromatic rings. The summed E-state index contributed by atoms with van der Waals surface area (Å²) in [6.45, 7) is 5.92. The fourth-order valence-corrected chi connectivity index (χ4v) is 2.69. The summed E-state index contributed by atoms with van der Waals surface area (Å²) in [5.74, 6) is 0.962. The van der Waals surface area contributed by atoms with Crippen LogP contribution in [0.25, 0.3) is 0 Å². The first-order valence-corrected chi connectivity index (χ1v) is 7.76. The number of benzene rings is 1. The smallest absolute Gasteiger partial charge is 0.119 e. The van der Waals surface area contributed by atoms with Gasteiger partial charge >= 0.3 is 0 Å². The molecule has 1 N–H and O–H groups in total. The molecule has 1 aliphatic rings. The highest BCUT2D eigenvalue weighted by molar-refractivity contribution is 5.39. The highest BCUT2D eigenvalue weighted by Crippen LogP contribution is 2.32. The van der Waals surface area contributed by atoms with Crippen LogP contribution in [0.4, 0.5) is 0 Å². The van der Waals surface area contributed by atoms with Gasteiger partial charge in [0.1, 0.15) is 12.4 Å². The summed E-state index contributed by atoms with van der Waals surface area (Å²) in [4.78, 5) is 0. The van der Waals surface area contributed by atoms with Gasteiger partial charge in [-0.15, -0.1) is 0 Å². The van der Waals surface area contributed by atoms with Crippen molar-refractivity contribution < 1.29 is 9.47 Å². The first kappa shape index (κ1) is 15.3. The van der Waals surface area contributed by atoms with Gasteiger partial charge in [0.2, 0.25) is 0 Å². The molecule has 20 heavy (non-hydrogen) atoms. The van der Waals surface area contributed by atoms with Crippen LogP contribution in [0.15, 0.2) is 18.2 Å². The largest absolute Gasteiger partial charge is 0.491 e. The van der Waals surface area contributed by atoms with Gasteiger partial charge in [-0.1, -0.05) is 13.0 Å². The molecule has 0 spiro atoms. The second-order valence-electron chi connectivity index (χ2n) is 5.62. The summed E-state index contributed by atoms with van der Waals surface area (Å²) < 4.78 is 11.0. The van der Waals surface area contributed by atoms with Crippen LogP contribution in [0, 0.1) is 0 Å². The molecule has 0 saturated heterocycles. The van der Waals surface area contributed by atoms with E-state index < -0.39 is 0 Å². The van der Waals surface area contributed by atoms with Crippen LogP contribution >= 0.6 is 0 Å². The molecule has 0 fully saturated rings. The zero-order chi connectivity index (χ0) is 14.4. The van der Waals surface area contributed by atoms with Gasteiger partial charge < -0.3 is 14.8 Å². The number of hydrogen-bond acceptors (Lipinski definition) is 3. The molecule has 0 aromatic heterocycles. The summed E-state index contributed by atoms with van der Waals surface area (Å²) in [5.41, 5.74) is 2.89. The first-order valence-electron chi connectivity index (χ1n) is 7.76. The minimum absolute atomic E-state index is 0.130. The van der Waals surface area contributed by atoms with Crippen molar-refractivity contribution in [1.29, 1.82) is 0 Å². The van der Waals surface area contributed by atoms with Gasteiger partial charge in [0, 0.05) is 13.2 Å². The molecule has 2 unspecified atom stereocenters. The minimum atomic E-state index is 0.130. The van der Waals surface area contributed by atoms with Crippen molar-refractivity contribution in [2.45, 2.75) is 51.7 Å². The number of ether oxygens (including phenoxy) is 2. The topological polar surface area (TPSA) is 30.5 Å². The third-order valence-corrected chi connectivity index (χ3v) is 3.96. The average Bonchev–Trinajstić information content (AvgIpc) is 2.50. The predicted molar refractivity (Wildman–Crippen MR) is 82.4 cm³/mol. The van der Waals surface area contributed by atoms with E-state index in [-0.39, 0.29) is 6.10 Å². The van der Waals surface area contributed by atoms with Crippen molar-refractivity contribution in [3.63, 3.8) is 0 Å². The lowest BCUT2D eigenvalue weighted by atomic mass is 9.87. The third kappa shape index (κ3) is 3.97. The zero-order valence-electron chi connectivity index (χ0n) is 12.9. The molecule has 0 saturated carbocycles. The molecule has 1 aliphatic carbocycles. The van der Waals surface area contributed by atoms with Crippen molar-refractivity contribution in [1.82, 2.24) is 5.32 Å². The summed E-state index contributed by atoms with van der Waals surface area (Å²) in [5, 5.41) is 3.65. The summed E-state index contributed by atoms with van der Waals surface area (Å²) in [6, 6.07) is 7.05. The quantitative estimate of drug-likeness (QED) is 0.827. The normalized spacial score (nSPS) is 19.4. The van der Waals surface area contributed by atoms with Gasteiger partial charge in [0.25, 0.3) is 0 Å². The van der Waals surface area contributed by atoms with E-state index in [0.717, 1.165) is 18.7 Å². The van der Waals surface area contributed by atoms with Crippen LogP contribution in [0.3, 0.4) is 0 Å². The van der Waals surface area contributed by atoms with Crippen LogP contribution < -0.4 is 10.1 Å². The standard InChI is InChI=1S/C17H27NO2/c1-4-10-18-17-7-5-6-14-11-15(8-9-16(14)17)20-12-13(2)19-3/h8-9,11,13,17-18H,4-7,10,12H2,1-3H3. The van der Waals surface area contributed by atoms with E-state index >= 15 is 0 Å². The average molecular weight is 277 g/mol. The maximum absolute atomic E-state index is 5.80. The molecule has 0 radical (unpaired) electrons. The highest BCUT2D eigenvalue weighted by atomic mass is 16.5. The molecule has 3 nitrogen and oxygen atoms in total. The van der Waals surface area contributed by atoms with Crippen molar-refractivity contribution >= 4 is 0 Å². The van der Waals surface area contributed by atoms with Crippen LogP contribution in [0.1, 0.15) is 50.3 Å². The number of rotatable bonds is 7. The Hall–Kier alpha value is -1.06. The zero-order valence-corrected chi connectivity index (χ0v) is 12.9. The molecule has 2 atom stereocenters. The molecular weight excluding hydrogens is 250 g/mol. The molecule has 2 rings (SSSR count). The first-order chi connectivity index (χ1) is 9.74. The van der Waals surface area contributed by atoms with E-state index in [1.807, 2.05) is 6.92 Å². The number of methoxy groups -OCH3 is 1. The Labute approximate surface area is 122 Å². The Balaban J connectivity index is 2.03. The molecule has 0 bridgehead atoms. The summed E-state index contributed by atoms with van der Waals surface area (Å²) in [7, 11) is 1.71. The van der Waals surface area contributed by atoms with E-state index in [0.29, 0.717) is 12.6 Å². The number of hydrogen-bond donors (Lipinski definition) is 1. The van der Waals surface area contributed by atoms with Gasteiger partial charge in [-0.2, -0.15) is 0 Å². The molecule has 112 valence electrons. The number of fused-ring (bicyclic) bond motifs is 1. The molecule has 0 amide bonds. The van der Waals surface area contributed by atoms with E-state index in [1.54, 1.807) is 7.11 Å².